The van der Waals surface area contributed by atoms with E-state index in [-0.39, 0.29) is 12.1 Å². The Kier molecular flexibility index (Phi) is 3.33. The Labute approximate surface area is 111 Å². The molecule has 1 aliphatic heterocycles. The van der Waals surface area contributed by atoms with Crippen LogP contribution in [0, 0.1) is 5.92 Å². The van der Waals surface area contributed by atoms with Crippen molar-refractivity contribution in [2.45, 2.75) is 31.9 Å². The maximum absolute atomic E-state index is 6.31. The van der Waals surface area contributed by atoms with Gasteiger partial charge in [-0.05, 0) is 25.5 Å². The van der Waals surface area contributed by atoms with Gasteiger partial charge < -0.3 is 10.5 Å². The van der Waals surface area contributed by atoms with E-state index in [4.69, 9.17) is 10.5 Å². The molecular formula is C14H18N2OS. The van der Waals surface area contributed by atoms with Gasteiger partial charge >= 0.3 is 0 Å². The Hall–Kier alpha value is -0.970. The molecule has 96 valence electrons. The van der Waals surface area contributed by atoms with Crippen LogP contribution >= 0.6 is 11.3 Å². The molecule has 0 saturated carbocycles. The molecule has 0 aliphatic carbocycles. The summed E-state index contributed by atoms with van der Waals surface area (Å²) >= 11 is 1.75. The van der Waals surface area contributed by atoms with Crippen LogP contribution in [0.1, 0.15) is 18.4 Å². The highest BCUT2D eigenvalue weighted by Gasteiger charge is 2.30. The smallest absolute Gasteiger partial charge is 0.0954 e. The zero-order valence-electron chi connectivity index (χ0n) is 10.5. The zero-order valence-corrected chi connectivity index (χ0v) is 11.3. The lowest BCUT2D eigenvalue weighted by atomic mass is 9.92. The summed E-state index contributed by atoms with van der Waals surface area (Å²) in [5, 5.41) is 1.14. The highest BCUT2D eigenvalue weighted by molar-refractivity contribution is 7.18. The van der Waals surface area contributed by atoms with Gasteiger partial charge in [0.25, 0.3) is 0 Å². The van der Waals surface area contributed by atoms with Crippen LogP contribution in [0.4, 0.5) is 0 Å². The van der Waals surface area contributed by atoms with Crippen molar-refractivity contribution < 1.29 is 4.74 Å². The molecule has 1 aliphatic rings. The van der Waals surface area contributed by atoms with Gasteiger partial charge in [-0.1, -0.05) is 12.1 Å². The van der Waals surface area contributed by atoms with E-state index >= 15 is 0 Å². The Morgan fingerprint density at radius 3 is 3.06 bits per heavy atom. The zero-order chi connectivity index (χ0) is 12.5. The van der Waals surface area contributed by atoms with Crippen molar-refractivity contribution in [2.24, 2.45) is 11.7 Å². The molecule has 1 saturated heterocycles. The molecule has 0 amide bonds. The van der Waals surface area contributed by atoms with E-state index in [9.17, 15) is 0 Å². The number of para-hydroxylation sites is 1. The number of aromatic nitrogens is 1. The molecule has 2 N–H and O–H groups in total. The van der Waals surface area contributed by atoms with Gasteiger partial charge in [0.1, 0.15) is 0 Å². The van der Waals surface area contributed by atoms with Crippen molar-refractivity contribution in [3.05, 3.63) is 29.3 Å². The van der Waals surface area contributed by atoms with E-state index < -0.39 is 0 Å². The first-order valence-electron chi connectivity index (χ1n) is 6.45. The lowest BCUT2D eigenvalue weighted by Gasteiger charge is -2.20. The van der Waals surface area contributed by atoms with Crippen LogP contribution in [0.15, 0.2) is 24.3 Å². The normalized spacial score (nSPS) is 25.7. The highest BCUT2D eigenvalue weighted by Crippen LogP contribution is 2.27. The number of fused-ring (bicyclic) bond motifs is 1. The molecule has 0 radical (unpaired) electrons. The first kappa shape index (κ1) is 12.1. The molecule has 3 rings (SSSR count). The van der Waals surface area contributed by atoms with Gasteiger partial charge in [0, 0.05) is 25.0 Å². The summed E-state index contributed by atoms with van der Waals surface area (Å²) in [6.45, 7) is 2.97. The van der Waals surface area contributed by atoms with E-state index in [0.29, 0.717) is 5.92 Å². The average Bonchev–Trinajstić information content (AvgIpc) is 2.94. The number of hydrogen-bond donors (Lipinski definition) is 1. The topological polar surface area (TPSA) is 48.1 Å². The molecular weight excluding hydrogens is 244 g/mol. The summed E-state index contributed by atoms with van der Waals surface area (Å²) < 4.78 is 6.83. The van der Waals surface area contributed by atoms with Crippen LogP contribution in [0.3, 0.4) is 0 Å². The number of benzene rings is 1. The Bertz CT molecular complexity index is 506. The second kappa shape index (κ2) is 4.96. The third-order valence-corrected chi connectivity index (χ3v) is 4.79. The first-order chi connectivity index (χ1) is 8.74. The highest BCUT2D eigenvalue weighted by atomic mass is 32.1. The van der Waals surface area contributed by atoms with Crippen molar-refractivity contribution >= 4 is 21.6 Å². The molecule has 0 bridgehead atoms. The maximum Gasteiger partial charge on any atom is 0.0954 e. The number of thiazole rings is 1. The largest absolute Gasteiger partial charge is 0.378 e. The monoisotopic (exact) mass is 262 g/mol. The molecule has 18 heavy (non-hydrogen) atoms. The van der Waals surface area contributed by atoms with Crippen molar-refractivity contribution in [3.8, 4) is 0 Å². The Morgan fingerprint density at radius 1 is 1.50 bits per heavy atom. The molecule has 0 spiro atoms. The summed E-state index contributed by atoms with van der Waals surface area (Å²) in [6.07, 6.45) is 2.22. The van der Waals surface area contributed by atoms with Crippen LogP contribution < -0.4 is 5.73 Å². The summed E-state index contributed by atoms with van der Waals surface area (Å²) in [7, 11) is 0. The molecule has 1 aromatic heterocycles. The summed E-state index contributed by atoms with van der Waals surface area (Å²) in [5.74, 6) is 0.469. The fraction of sp³-hybridized carbons (Fsp3) is 0.500. The summed E-state index contributed by atoms with van der Waals surface area (Å²) in [4.78, 5) is 4.65. The van der Waals surface area contributed by atoms with E-state index in [2.05, 4.69) is 30.1 Å². The quantitative estimate of drug-likeness (QED) is 0.925. The molecule has 4 heteroatoms. The molecule has 2 heterocycles. The predicted octanol–water partition coefficient (Wildman–Crippen LogP) is 2.59. The first-order valence-corrected chi connectivity index (χ1v) is 7.27. The van der Waals surface area contributed by atoms with E-state index in [1.807, 2.05) is 6.07 Å². The van der Waals surface area contributed by atoms with Gasteiger partial charge in [0.05, 0.1) is 21.3 Å². The number of nitrogens with two attached hydrogens (primary N) is 1. The molecule has 3 nitrogen and oxygen atoms in total. The second-order valence-corrected chi connectivity index (χ2v) is 6.09. The van der Waals surface area contributed by atoms with Gasteiger partial charge in [-0.15, -0.1) is 11.3 Å². The Balaban J connectivity index is 1.75. The van der Waals surface area contributed by atoms with Crippen molar-refractivity contribution in [2.75, 3.05) is 6.61 Å². The average molecular weight is 262 g/mol. The third kappa shape index (κ3) is 2.28. The summed E-state index contributed by atoms with van der Waals surface area (Å²) in [6, 6.07) is 8.41. The van der Waals surface area contributed by atoms with E-state index in [1.165, 1.54) is 4.70 Å². The number of nitrogens with zero attached hydrogens (tertiary/aromatic N) is 1. The number of ether oxygens (including phenoxy) is 1. The maximum atomic E-state index is 6.31. The van der Waals surface area contributed by atoms with Crippen LogP contribution in [0.5, 0.6) is 0 Å². The SMILES string of the molecule is CC1OCCC1C(N)Cc1nc2ccccc2s1. The Morgan fingerprint density at radius 2 is 2.33 bits per heavy atom. The standard InChI is InChI=1S/C14H18N2OS/c1-9-10(6-7-17-9)11(15)8-14-16-12-4-2-3-5-13(12)18-14/h2-5,9-11H,6-8,15H2,1H3. The molecule has 3 unspecified atom stereocenters. The number of rotatable bonds is 3. The summed E-state index contributed by atoms with van der Waals surface area (Å²) in [5.41, 5.74) is 7.39. The second-order valence-electron chi connectivity index (χ2n) is 4.97. The predicted molar refractivity (Wildman–Crippen MR) is 74.8 cm³/mol. The third-order valence-electron chi connectivity index (χ3n) is 3.73. The van der Waals surface area contributed by atoms with E-state index in [0.717, 1.165) is 30.0 Å². The van der Waals surface area contributed by atoms with Crippen LogP contribution in [-0.4, -0.2) is 23.7 Å². The van der Waals surface area contributed by atoms with Gasteiger partial charge in [-0.2, -0.15) is 0 Å². The van der Waals surface area contributed by atoms with Gasteiger partial charge in [-0.3, -0.25) is 0 Å². The van der Waals surface area contributed by atoms with Crippen molar-refractivity contribution in [1.29, 1.82) is 0 Å². The fourth-order valence-corrected chi connectivity index (χ4v) is 3.71. The minimum absolute atomic E-state index is 0.156. The van der Waals surface area contributed by atoms with Gasteiger partial charge in [0.2, 0.25) is 0 Å². The van der Waals surface area contributed by atoms with Gasteiger partial charge in [-0.25, -0.2) is 4.98 Å². The molecule has 2 aromatic rings. The minimum atomic E-state index is 0.156. The lowest BCUT2D eigenvalue weighted by molar-refractivity contribution is 0.0995. The van der Waals surface area contributed by atoms with E-state index in [1.54, 1.807) is 11.3 Å². The molecule has 1 aromatic carbocycles. The minimum Gasteiger partial charge on any atom is -0.378 e. The molecule has 3 atom stereocenters. The fourth-order valence-electron chi connectivity index (χ4n) is 2.67. The van der Waals surface area contributed by atoms with Crippen LogP contribution in [0.25, 0.3) is 10.2 Å². The lowest BCUT2D eigenvalue weighted by Crippen LogP contribution is -2.35. The number of hydrogen-bond acceptors (Lipinski definition) is 4. The van der Waals surface area contributed by atoms with Crippen molar-refractivity contribution in [3.63, 3.8) is 0 Å². The van der Waals surface area contributed by atoms with Crippen molar-refractivity contribution in [1.82, 2.24) is 4.98 Å². The van der Waals surface area contributed by atoms with Crippen LogP contribution in [0.2, 0.25) is 0 Å². The van der Waals surface area contributed by atoms with Crippen LogP contribution in [-0.2, 0) is 11.2 Å². The van der Waals surface area contributed by atoms with Gasteiger partial charge in [0.15, 0.2) is 0 Å². The molecule has 1 fully saturated rings.